The van der Waals surface area contributed by atoms with E-state index in [-0.39, 0.29) is 11.6 Å². The van der Waals surface area contributed by atoms with E-state index >= 15 is 0 Å². The number of amides is 1. The molecule has 0 saturated carbocycles. The molecule has 31 heavy (non-hydrogen) atoms. The minimum absolute atomic E-state index is 0.0157. The molecule has 0 radical (unpaired) electrons. The van der Waals surface area contributed by atoms with Gasteiger partial charge in [0.2, 0.25) is 5.91 Å². The topological polar surface area (TPSA) is 112 Å². The van der Waals surface area contributed by atoms with Gasteiger partial charge in [-0.1, -0.05) is 18.2 Å². The highest BCUT2D eigenvalue weighted by Crippen LogP contribution is 2.34. The Morgan fingerprint density at radius 3 is 2.42 bits per heavy atom. The van der Waals surface area contributed by atoms with Crippen LogP contribution in [-0.2, 0) is 22.6 Å². The number of anilines is 1. The fourth-order valence-electron chi connectivity index (χ4n) is 4.27. The van der Waals surface area contributed by atoms with Crippen LogP contribution in [0.2, 0.25) is 0 Å². The standard InChI is InChI=1S/C21H33N7O3/c1-3-26-20(30)27(24-23-26)16-15-25-13-10-21(11-14-25,17-31-2)28(19(29)9-12-22)18-7-5-4-6-8-18/h4-8H,3,9-17,22H2,1-2H3. The molecule has 1 aliphatic heterocycles. The summed E-state index contributed by atoms with van der Waals surface area (Å²) in [5.41, 5.74) is 5.96. The lowest BCUT2D eigenvalue weighted by Crippen LogP contribution is -2.60. The van der Waals surface area contributed by atoms with Gasteiger partial charge in [0, 0.05) is 51.9 Å². The molecular formula is C21H33N7O3. The van der Waals surface area contributed by atoms with E-state index in [1.54, 1.807) is 7.11 Å². The summed E-state index contributed by atoms with van der Waals surface area (Å²) in [5.74, 6) is 0.0157. The fourth-order valence-corrected chi connectivity index (χ4v) is 4.27. The SMILES string of the molecule is CCn1nnn(CCN2CCC(COC)(N(C(=O)CCN)c3ccccc3)CC2)c1=O. The summed E-state index contributed by atoms with van der Waals surface area (Å²) < 4.78 is 8.35. The van der Waals surface area contributed by atoms with Crippen LogP contribution in [0.4, 0.5) is 5.69 Å². The monoisotopic (exact) mass is 431 g/mol. The lowest BCUT2D eigenvalue weighted by Gasteiger charge is -2.48. The summed E-state index contributed by atoms with van der Waals surface area (Å²) in [7, 11) is 1.67. The summed E-state index contributed by atoms with van der Waals surface area (Å²) in [6, 6.07) is 9.74. The van der Waals surface area contributed by atoms with Crippen LogP contribution in [0.15, 0.2) is 35.1 Å². The number of aryl methyl sites for hydroxylation is 1. The van der Waals surface area contributed by atoms with Crippen molar-refractivity contribution in [2.75, 3.05) is 44.8 Å². The number of hydrogen-bond acceptors (Lipinski definition) is 7. The Morgan fingerprint density at radius 2 is 1.84 bits per heavy atom. The van der Waals surface area contributed by atoms with Gasteiger partial charge in [0.25, 0.3) is 0 Å². The zero-order valence-electron chi connectivity index (χ0n) is 18.4. The molecular weight excluding hydrogens is 398 g/mol. The molecule has 1 aromatic carbocycles. The zero-order valence-corrected chi connectivity index (χ0v) is 18.4. The van der Waals surface area contributed by atoms with E-state index in [0.717, 1.165) is 31.6 Å². The van der Waals surface area contributed by atoms with Crippen molar-refractivity contribution in [2.24, 2.45) is 5.73 Å². The number of tetrazole rings is 1. The summed E-state index contributed by atoms with van der Waals surface area (Å²) in [5, 5.41) is 7.81. The highest BCUT2D eigenvalue weighted by atomic mass is 16.5. The van der Waals surface area contributed by atoms with Crippen LogP contribution in [0.1, 0.15) is 26.2 Å². The Bertz CT molecular complexity index is 888. The van der Waals surface area contributed by atoms with Gasteiger partial charge in [-0.05, 0) is 42.3 Å². The Balaban J connectivity index is 1.73. The zero-order chi connectivity index (χ0) is 22.3. The lowest BCUT2D eigenvalue weighted by molar-refractivity contribution is -0.120. The van der Waals surface area contributed by atoms with E-state index in [4.69, 9.17) is 10.5 Å². The summed E-state index contributed by atoms with van der Waals surface area (Å²) in [6.07, 6.45) is 1.82. The van der Waals surface area contributed by atoms with Crippen LogP contribution in [-0.4, -0.2) is 76.0 Å². The molecule has 0 spiro atoms. The normalized spacial score (nSPS) is 16.4. The second kappa shape index (κ2) is 10.7. The first kappa shape index (κ1) is 23.1. The molecule has 2 N–H and O–H groups in total. The van der Waals surface area contributed by atoms with Crippen LogP contribution in [0, 0.1) is 0 Å². The predicted octanol–water partition coefficient (Wildman–Crippen LogP) is 0.323. The lowest BCUT2D eigenvalue weighted by atomic mass is 9.85. The molecule has 1 amide bonds. The van der Waals surface area contributed by atoms with Gasteiger partial charge in [-0.2, -0.15) is 9.36 Å². The summed E-state index contributed by atoms with van der Waals surface area (Å²) in [6.45, 7) is 5.91. The third kappa shape index (κ3) is 5.20. The second-order valence-corrected chi connectivity index (χ2v) is 7.90. The maximum atomic E-state index is 13.1. The minimum Gasteiger partial charge on any atom is -0.382 e. The summed E-state index contributed by atoms with van der Waals surface area (Å²) >= 11 is 0. The molecule has 0 unspecified atom stereocenters. The van der Waals surface area contributed by atoms with Gasteiger partial charge in [-0.15, -0.1) is 0 Å². The predicted molar refractivity (Wildman–Crippen MR) is 118 cm³/mol. The van der Waals surface area contributed by atoms with Crippen molar-refractivity contribution in [2.45, 2.75) is 44.8 Å². The molecule has 2 heterocycles. The van der Waals surface area contributed by atoms with Crippen molar-refractivity contribution in [3.8, 4) is 0 Å². The van der Waals surface area contributed by atoms with E-state index in [1.165, 1.54) is 9.36 Å². The number of likely N-dealkylation sites (tertiary alicyclic amines) is 1. The number of nitrogens with two attached hydrogens (primary N) is 1. The number of ether oxygens (including phenoxy) is 1. The average Bonchev–Trinajstić information content (AvgIpc) is 3.14. The molecule has 10 nitrogen and oxygen atoms in total. The van der Waals surface area contributed by atoms with Crippen molar-refractivity contribution in [3.63, 3.8) is 0 Å². The van der Waals surface area contributed by atoms with Crippen LogP contribution < -0.4 is 16.3 Å². The molecule has 3 rings (SSSR count). The highest BCUT2D eigenvalue weighted by Gasteiger charge is 2.43. The number of rotatable bonds is 10. The van der Waals surface area contributed by atoms with Crippen LogP contribution in [0.5, 0.6) is 0 Å². The van der Waals surface area contributed by atoms with Gasteiger partial charge in [0.05, 0.1) is 18.7 Å². The maximum absolute atomic E-state index is 13.1. The fraction of sp³-hybridized carbons (Fsp3) is 0.619. The molecule has 0 aliphatic carbocycles. The number of aromatic nitrogens is 4. The van der Waals surface area contributed by atoms with Crippen molar-refractivity contribution in [3.05, 3.63) is 40.8 Å². The van der Waals surface area contributed by atoms with Crippen LogP contribution in [0.3, 0.4) is 0 Å². The first-order valence-corrected chi connectivity index (χ1v) is 10.8. The molecule has 1 aliphatic rings. The molecule has 170 valence electrons. The van der Waals surface area contributed by atoms with Gasteiger partial charge >= 0.3 is 5.69 Å². The Morgan fingerprint density at radius 1 is 1.16 bits per heavy atom. The van der Waals surface area contributed by atoms with Gasteiger partial charge in [0.1, 0.15) is 0 Å². The van der Waals surface area contributed by atoms with Crippen molar-refractivity contribution >= 4 is 11.6 Å². The van der Waals surface area contributed by atoms with Gasteiger partial charge < -0.3 is 20.3 Å². The third-order valence-electron chi connectivity index (χ3n) is 5.92. The number of methoxy groups -OCH3 is 1. The molecule has 0 bridgehead atoms. The number of piperidine rings is 1. The Kier molecular flexibility index (Phi) is 7.94. The molecule has 1 aromatic heterocycles. The Hall–Kier alpha value is -2.56. The smallest absolute Gasteiger partial charge is 0.363 e. The van der Waals surface area contributed by atoms with Gasteiger partial charge in [-0.25, -0.2) is 4.79 Å². The molecule has 1 fully saturated rings. The number of carbonyl (C=O) groups excluding carboxylic acids is 1. The molecule has 10 heteroatoms. The average molecular weight is 432 g/mol. The second-order valence-electron chi connectivity index (χ2n) is 7.90. The summed E-state index contributed by atoms with van der Waals surface area (Å²) in [4.78, 5) is 29.5. The third-order valence-corrected chi connectivity index (χ3v) is 5.92. The number of hydrogen-bond donors (Lipinski definition) is 1. The van der Waals surface area contributed by atoms with Crippen molar-refractivity contribution < 1.29 is 9.53 Å². The molecule has 1 saturated heterocycles. The molecule has 2 aromatic rings. The van der Waals surface area contributed by atoms with Crippen LogP contribution in [0.25, 0.3) is 0 Å². The van der Waals surface area contributed by atoms with Gasteiger partial charge in [-0.3, -0.25) is 4.79 Å². The van der Waals surface area contributed by atoms with E-state index in [2.05, 4.69) is 15.3 Å². The minimum atomic E-state index is -0.430. The van der Waals surface area contributed by atoms with E-state index in [0.29, 0.717) is 39.2 Å². The van der Waals surface area contributed by atoms with E-state index in [9.17, 15) is 9.59 Å². The number of nitrogens with zero attached hydrogens (tertiary/aromatic N) is 6. The van der Waals surface area contributed by atoms with Crippen molar-refractivity contribution in [1.82, 2.24) is 24.7 Å². The maximum Gasteiger partial charge on any atom is 0.363 e. The van der Waals surface area contributed by atoms with Gasteiger partial charge in [0.15, 0.2) is 0 Å². The van der Waals surface area contributed by atoms with E-state index in [1.807, 2.05) is 42.2 Å². The van der Waals surface area contributed by atoms with Crippen LogP contribution >= 0.6 is 0 Å². The van der Waals surface area contributed by atoms with Crippen molar-refractivity contribution in [1.29, 1.82) is 0 Å². The first-order chi connectivity index (χ1) is 15.0. The Labute approximate surface area is 182 Å². The largest absolute Gasteiger partial charge is 0.382 e. The quantitative estimate of drug-likeness (QED) is 0.577. The highest BCUT2D eigenvalue weighted by molar-refractivity contribution is 5.95. The first-order valence-electron chi connectivity index (χ1n) is 10.8. The molecule has 0 atom stereocenters. The number of carbonyl (C=O) groups is 1. The van der Waals surface area contributed by atoms with E-state index < -0.39 is 5.54 Å². The number of para-hydroxylation sites is 1. The number of benzene rings is 1.